The largest absolute Gasteiger partial charge is 0.444 e. The Bertz CT molecular complexity index is 1040. The van der Waals surface area contributed by atoms with Gasteiger partial charge in [0.15, 0.2) is 5.82 Å². The van der Waals surface area contributed by atoms with Gasteiger partial charge in [-0.3, -0.25) is 4.79 Å². The van der Waals surface area contributed by atoms with Crippen molar-refractivity contribution >= 4 is 18.2 Å². The van der Waals surface area contributed by atoms with Gasteiger partial charge >= 0.3 is 6.09 Å². The number of aryl methyl sites for hydroxylation is 2. The quantitative estimate of drug-likeness (QED) is 0.687. The van der Waals surface area contributed by atoms with Crippen molar-refractivity contribution in [2.24, 2.45) is 5.41 Å². The van der Waals surface area contributed by atoms with Gasteiger partial charge in [-0.1, -0.05) is 17.2 Å². The highest BCUT2D eigenvalue weighted by Crippen LogP contribution is 2.40. The van der Waals surface area contributed by atoms with Gasteiger partial charge in [-0.25, -0.2) is 14.5 Å². The maximum atomic E-state index is 12.7. The van der Waals surface area contributed by atoms with Gasteiger partial charge in [0.1, 0.15) is 11.9 Å². The standard InChI is InChI=1S/C24H31N5O3/c1-17-10-18(2)12-19(11-17)21-25-16-29(26-21)8-6-20(30)27-9-7-24(13-27)14-28(15-24)22(31)32-23(3,4)5/h6,8,10-12,16H,7,9,13-15H2,1-5H3/b8-6-. The van der Waals surface area contributed by atoms with Gasteiger partial charge in [-0.2, -0.15) is 0 Å². The lowest BCUT2D eigenvalue weighted by Crippen LogP contribution is -2.60. The first-order chi connectivity index (χ1) is 15.0. The number of nitrogens with zero attached hydrogens (tertiary/aromatic N) is 5. The van der Waals surface area contributed by atoms with Crippen LogP contribution in [-0.4, -0.2) is 68.3 Å². The first-order valence-electron chi connectivity index (χ1n) is 11.0. The summed E-state index contributed by atoms with van der Waals surface area (Å²) in [6.07, 6.45) is 5.39. The minimum absolute atomic E-state index is 0.0101. The number of likely N-dealkylation sites (tertiary alicyclic amines) is 2. The first-order valence-corrected chi connectivity index (χ1v) is 11.0. The van der Waals surface area contributed by atoms with E-state index in [0.717, 1.165) is 23.1 Å². The predicted molar refractivity (Wildman–Crippen MR) is 122 cm³/mol. The van der Waals surface area contributed by atoms with Crippen molar-refractivity contribution in [1.82, 2.24) is 24.6 Å². The Kier molecular flexibility index (Phi) is 5.56. The summed E-state index contributed by atoms with van der Waals surface area (Å²) in [5.74, 6) is 0.576. The summed E-state index contributed by atoms with van der Waals surface area (Å²) in [5, 5.41) is 4.47. The average molecular weight is 438 g/mol. The Morgan fingerprint density at radius 2 is 1.72 bits per heavy atom. The molecule has 8 nitrogen and oxygen atoms in total. The van der Waals surface area contributed by atoms with E-state index >= 15 is 0 Å². The number of amides is 2. The zero-order chi connectivity index (χ0) is 23.1. The van der Waals surface area contributed by atoms with Gasteiger partial charge in [0.25, 0.3) is 0 Å². The van der Waals surface area contributed by atoms with E-state index in [-0.39, 0.29) is 17.4 Å². The highest BCUT2D eigenvalue weighted by Gasteiger charge is 2.50. The van der Waals surface area contributed by atoms with Crippen molar-refractivity contribution in [3.05, 3.63) is 41.7 Å². The molecule has 2 aromatic rings. The predicted octanol–water partition coefficient (Wildman–Crippen LogP) is 3.50. The SMILES string of the molecule is Cc1cc(C)cc(-c2ncn(/C=C\C(=O)N3CCC4(C3)CN(C(=O)OC(C)(C)C)C4)n2)c1. The highest BCUT2D eigenvalue weighted by molar-refractivity contribution is 5.90. The van der Waals surface area contributed by atoms with E-state index < -0.39 is 5.60 Å². The minimum atomic E-state index is -0.498. The second-order valence-corrected chi connectivity index (χ2v) is 10.1. The molecule has 0 radical (unpaired) electrons. The van der Waals surface area contributed by atoms with Crippen LogP contribution < -0.4 is 0 Å². The van der Waals surface area contributed by atoms with E-state index in [1.165, 1.54) is 6.08 Å². The van der Waals surface area contributed by atoms with Gasteiger partial charge in [0.2, 0.25) is 5.91 Å². The molecule has 0 aliphatic carbocycles. The molecule has 2 aliphatic heterocycles. The molecule has 170 valence electrons. The summed E-state index contributed by atoms with van der Waals surface area (Å²) in [7, 11) is 0. The van der Waals surface area contributed by atoms with Crippen LogP contribution in [0, 0.1) is 19.3 Å². The molecule has 0 unspecified atom stereocenters. The Morgan fingerprint density at radius 1 is 1.06 bits per heavy atom. The monoisotopic (exact) mass is 437 g/mol. The van der Waals surface area contributed by atoms with Crippen molar-refractivity contribution in [1.29, 1.82) is 0 Å². The van der Waals surface area contributed by atoms with Crippen molar-refractivity contribution in [3.8, 4) is 11.4 Å². The molecule has 8 heteroatoms. The van der Waals surface area contributed by atoms with Crippen LogP contribution in [0.3, 0.4) is 0 Å². The van der Waals surface area contributed by atoms with Crippen LogP contribution in [-0.2, 0) is 9.53 Å². The molecule has 1 spiro atoms. The molecule has 2 amide bonds. The number of hydrogen-bond donors (Lipinski definition) is 0. The molecular weight excluding hydrogens is 406 g/mol. The normalized spacial score (nSPS) is 17.8. The van der Waals surface area contributed by atoms with Crippen molar-refractivity contribution in [3.63, 3.8) is 0 Å². The number of carbonyl (C=O) groups excluding carboxylic acids is 2. The van der Waals surface area contributed by atoms with E-state index in [0.29, 0.717) is 32.0 Å². The summed E-state index contributed by atoms with van der Waals surface area (Å²) in [4.78, 5) is 32.8. The molecule has 2 aliphatic rings. The molecule has 0 saturated carbocycles. The van der Waals surface area contributed by atoms with Gasteiger partial charge in [0, 0.05) is 49.4 Å². The van der Waals surface area contributed by atoms with Gasteiger partial charge in [0.05, 0.1) is 0 Å². The maximum absolute atomic E-state index is 12.7. The van der Waals surface area contributed by atoms with Crippen LogP contribution in [0.15, 0.2) is 30.6 Å². The fraction of sp³-hybridized carbons (Fsp3) is 0.500. The molecule has 0 atom stereocenters. The van der Waals surface area contributed by atoms with Crippen LogP contribution in [0.1, 0.15) is 38.3 Å². The van der Waals surface area contributed by atoms with Crippen molar-refractivity contribution in [2.45, 2.75) is 46.6 Å². The minimum Gasteiger partial charge on any atom is -0.444 e. The van der Waals surface area contributed by atoms with Crippen LogP contribution in [0.5, 0.6) is 0 Å². The van der Waals surface area contributed by atoms with Gasteiger partial charge in [-0.05, 0) is 53.2 Å². The van der Waals surface area contributed by atoms with E-state index in [1.807, 2.05) is 51.7 Å². The van der Waals surface area contributed by atoms with Gasteiger partial charge < -0.3 is 14.5 Å². The zero-order valence-corrected chi connectivity index (χ0v) is 19.5. The summed E-state index contributed by atoms with van der Waals surface area (Å²) >= 11 is 0. The molecule has 0 bridgehead atoms. The van der Waals surface area contributed by atoms with Crippen LogP contribution in [0.4, 0.5) is 4.79 Å². The maximum Gasteiger partial charge on any atom is 0.410 e. The number of benzene rings is 1. The second kappa shape index (κ2) is 8.07. The van der Waals surface area contributed by atoms with Crippen LogP contribution >= 0.6 is 0 Å². The Balaban J connectivity index is 1.32. The summed E-state index contributed by atoms with van der Waals surface area (Å²) in [5.41, 5.74) is 2.77. The number of aromatic nitrogens is 3. The van der Waals surface area contributed by atoms with Crippen LogP contribution in [0.25, 0.3) is 17.6 Å². The highest BCUT2D eigenvalue weighted by atomic mass is 16.6. The van der Waals surface area contributed by atoms with Crippen molar-refractivity contribution < 1.29 is 14.3 Å². The Labute approximate surface area is 188 Å². The lowest BCUT2D eigenvalue weighted by Gasteiger charge is -2.47. The zero-order valence-electron chi connectivity index (χ0n) is 19.5. The van der Waals surface area contributed by atoms with E-state index in [9.17, 15) is 9.59 Å². The summed E-state index contributed by atoms with van der Waals surface area (Å²) in [6.45, 7) is 12.3. The molecule has 3 heterocycles. The molecule has 4 rings (SSSR count). The topological polar surface area (TPSA) is 80.6 Å². The van der Waals surface area contributed by atoms with E-state index in [2.05, 4.69) is 16.1 Å². The number of carbonyl (C=O) groups is 2. The molecule has 1 aromatic heterocycles. The smallest absolute Gasteiger partial charge is 0.410 e. The summed E-state index contributed by atoms with van der Waals surface area (Å²) in [6, 6.07) is 6.20. The second-order valence-electron chi connectivity index (χ2n) is 10.1. The van der Waals surface area contributed by atoms with Crippen LogP contribution in [0.2, 0.25) is 0 Å². The summed E-state index contributed by atoms with van der Waals surface area (Å²) < 4.78 is 6.99. The lowest BCUT2D eigenvalue weighted by molar-refractivity contribution is -0.125. The fourth-order valence-electron chi connectivity index (χ4n) is 4.43. The fourth-order valence-corrected chi connectivity index (χ4v) is 4.43. The molecule has 0 N–H and O–H groups in total. The van der Waals surface area contributed by atoms with E-state index in [1.54, 1.807) is 22.1 Å². The third kappa shape index (κ3) is 4.84. The molecule has 32 heavy (non-hydrogen) atoms. The third-order valence-electron chi connectivity index (χ3n) is 5.81. The molecule has 2 fully saturated rings. The lowest BCUT2D eigenvalue weighted by atomic mass is 9.79. The number of hydrogen-bond acceptors (Lipinski definition) is 5. The molecular formula is C24H31N5O3. The Morgan fingerprint density at radius 3 is 2.38 bits per heavy atom. The molecule has 2 saturated heterocycles. The first kappa shape index (κ1) is 22.0. The number of rotatable bonds is 3. The van der Waals surface area contributed by atoms with Gasteiger partial charge in [-0.15, -0.1) is 5.10 Å². The average Bonchev–Trinajstić information content (AvgIpc) is 3.30. The Hall–Kier alpha value is -3.16. The molecule has 1 aromatic carbocycles. The van der Waals surface area contributed by atoms with Crippen molar-refractivity contribution in [2.75, 3.05) is 26.2 Å². The number of ether oxygens (including phenoxy) is 1. The third-order valence-corrected chi connectivity index (χ3v) is 5.81. The van der Waals surface area contributed by atoms with E-state index in [4.69, 9.17) is 4.74 Å².